The Kier molecular flexibility index (Phi) is 5.41. The van der Waals surface area contributed by atoms with Crippen molar-refractivity contribution in [3.8, 4) is 0 Å². The number of hydrogen-bond acceptors (Lipinski definition) is 4. The van der Waals surface area contributed by atoms with E-state index in [9.17, 15) is 4.79 Å². The molecule has 0 aromatic carbocycles. The van der Waals surface area contributed by atoms with Gasteiger partial charge in [0.1, 0.15) is 6.04 Å². The van der Waals surface area contributed by atoms with Crippen molar-refractivity contribution >= 4 is 5.91 Å². The van der Waals surface area contributed by atoms with E-state index in [1.165, 1.54) is 6.42 Å². The van der Waals surface area contributed by atoms with Crippen molar-refractivity contribution in [3.63, 3.8) is 0 Å². The lowest BCUT2D eigenvalue weighted by Crippen LogP contribution is -2.54. The zero-order valence-electron chi connectivity index (χ0n) is 11.2. The van der Waals surface area contributed by atoms with Crippen LogP contribution in [0.5, 0.6) is 0 Å². The molecule has 5 heteroatoms. The maximum atomic E-state index is 12.3. The number of likely N-dealkylation sites (tertiary alicyclic amines) is 1. The Balaban J connectivity index is 1.81. The summed E-state index contributed by atoms with van der Waals surface area (Å²) in [5.41, 5.74) is 0. The van der Waals surface area contributed by atoms with E-state index >= 15 is 0 Å². The van der Waals surface area contributed by atoms with Gasteiger partial charge in [-0.1, -0.05) is 0 Å². The molecule has 0 saturated carbocycles. The number of ether oxygens (including phenoxy) is 2. The number of carbonyl (C=O) groups excluding carboxylic acids is 1. The maximum Gasteiger partial charge on any atom is 0.242 e. The van der Waals surface area contributed by atoms with E-state index in [0.717, 1.165) is 39.3 Å². The Morgan fingerprint density at radius 1 is 1.56 bits per heavy atom. The third-order valence-corrected chi connectivity index (χ3v) is 3.61. The minimum Gasteiger partial charge on any atom is -0.381 e. The van der Waals surface area contributed by atoms with Gasteiger partial charge in [0.15, 0.2) is 0 Å². The first-order chi connectivity index (χ1) is 8.81. The minimum atomic E-state index is -0.149. The third-order valence-electron chi connectivity index (χ3n) is 3.61. The zero-order valence-corrected chi connectivity index (χ0v) is 11.2. The summed E-state index contributed by atoms with van der Waals surface area (Å²) in [5.74, 6) is 0.683. The van der Waals surface area contributed by atoms with Gasteiger partial charge in [-0.15, -0.1) is 0 Å². The van der Waals surface area contributed by atoms with Crippen molar-refractivity contribution in [1.82, 2.24) is 10.2 Å². The van der Waals surface area contributed by atoms with Gasteiger partial charge in [0, 0.05) is 26.2 Å². The molecule has 2 heterocycles. The van der Waals surface area contributed by atoms with E-state index in [2.05, 4.69) is 5.32 Å². The van der Waals surface area contributed by atoms with Crippen LogP contribution in [0.4, 0.5) is 0 Å². The van der Waals surface area contributed by atoms with Crippen LogP contribution in [0, 0.1) is 5.92 Å². The van der Waals surface area contributed by atoms with Crippen LogP contribution in [-0.2, 0) is 14.3 Å². The van der Waals surface area contributed by atoms with E-state index in [-0.39, 0.29) is 11.9 Å². The van der Waals surface area contributed by atoms with E-state index < -0.39 is 0 Å². The molecular formula is C13H24N2O3. The summed E-state index contributed by atoms with van der Waals surface area (Å²) in [6.45, 7) is 7.22. The summed E-state index contributed by atoms with van der Waals surface area (Å²) in [5, 5.41) is 3.23. The smallest absolute Gasteiger partial charge is 0.242 e. The van der Waals surface area contributed by atoms with Crippen molar-refractivity contribution in [3.05, 3.63) is 0 Å². The number of rotatable bonds is 4. The topological polar surface area (TPSA) is 50.8 Å². The summed E-state index contributed by atoms with van der Waals surface area (Å²) in [4.78, 5) is 14.3. The number of amides is 1. The highest BCUT2D eigenvalue weighted by atomic mass is 16.5. The van der Waals surface area contributed by atoms with E-state index in [0.29, 0.717) is 19.1 Å². The first kappa shape index (κ1) is 13.8. The second kappa shape index (κ2) is 7.07. The van der Waals surface area contributed by atoms with Crippen LogP contribution in [0.2, 0.25) is 0 Å². The van der Waals surface area contributed by atoms with Crippen molar-refractivity contribution < 1.29 is 14.3 Å². The molecule has 1 amide bonds. The Bertz CT molecular complexity index is 267. The molecule has 104 valence electrons. The summed E-state index contributed by atoms with van der Waals surface area (Å²) >= 11 is 0. The number of hydrogen-bond donors (Lipinski definition) is 1. The lowest BCUT2D eigenvalue weighted by molar-refractivity contribution is -0.138. The molecule has 2 fully saturated rings. The van der Waals surface area contributed by atoms with Crippen molar-refractivity contribution in [2.75, 3.05) is 46.1 Å². The molecule has 5 nitrogen and oxygen atoms in total. The molecule has 2 atom stereocenters. The van der Waals surface area contributed by atoms with E-state index in [1.54, 1.807) is 0 Å². The highest BCUT2D eigenvalue weighted by molar-refractivity contribution is 5.82. The van der Waals surface area contributed by atoms with Gasteiger partial charge in [-0.3, -0.25) is 4.79 Å². The van der Waals surface area contributed by atoms with Crippen LogP contribution in [0.25, 0.3) is 0 Å². The molecule has 0 aromatic heterocycles. The van der Waals surface area contributed by atoms with Gasteiger partial charge in [0.2, 0.25) is 5.91 Å². The Hall–Kier alpha value is -0.650. The Morgan fingerprint density at radius 2 is 2.44 bits per heavy atom. The van der Waals surface area contributed by atoms with Gasteiger partial charge in [-0.2, -0.15) is 0 Å². The molecule has 2 aliphatic heterocycles. The molecular weight excluding hydrogens is 232 g/mol. The van der Waals surface area contributed by atoms with Gasteiger partial charge >= 0.3 is 0 Å². The van der Waals surface area contributed by atoms with Gasteiger partial charge in [0.25, 0.3) is 0 Å². The first-order valence-corrected chi connectivity index (χ1v) is 6.99. The number of nitrogens with zero attached hydrogens (tertiary/aromatic N) is 1. The Labute approximate surface area is 109 Å². The number of nitrogens with one attached hydrogen (secondary N) is 1. The van der Waals surface area contributed by atoms with Crippen LogP contribution in [0.3, 0.4) is 0 Å². The second-order valence-electron chi connectivity index (χ2n) is 5.03. The third kappa shape index (κ3) is 3.67. The van der Waals surface area contributed by atoms with Gasteiger partial charge < -0.3 is 19.7 Å². The van der Waals surface area contributed by atoms with Crippen LogP contribution in [0.15, 0.2) is 0 Å². The second-order valence-corrected chi connectivity index (χ2v) is 5.03. The predicted molar refractivity (Wildman–Crippen MR) is 68.4 cm³/mol. The largest absolute Gasteiger partial charge is 0.381 e. The van der Waals surface area contributed by atoms with Crippen molar-refractivity contribution in [1.29, 1.82) is 0 Å². The fourth-order valence-electron chi connectivity index (χ4n) is 2.63. The number of piperidine rings is 1. The Morgan fingerprint density at radius 3 is 3.17 bits per heavy atom. The van der Waals surface area contributed by atoms with E-state index in [4.69, 9.17) is 9.47 Å². The summed E-state index contributed by atoms with van der Waals surface area (Å²) < 4.78 is 10.8. The van der Waals surface area contributed by atoms with Crippen LogP contribution in [0.1, 0.15) is 19.8 Å². The number of morpholine rings is 1. The molecule has 0 aliphatic carbocycles. The normalized spacial score (nSPS) is 29.3. The van der Waals surface area contributed by atoms with Crippen LogP contribution >= 0.6 is 0 Å². The summed E-state index contributed by atoms with van der Waals surface area (Å²) in [6, 6.07) is -0.149. The van der Waals surface area contributed by atoms with Crippen LogP contribution in [-0.4, -0.2) is 62.9 Å². The summed E-state index contributed by atoms with van der Waals surface area (Å²) in [6.07, 6.45) is 2.25. The quantitative estimate of drug-likeness (QED) is 0.783. The molecule has 0 bridgehead atoms. The standard InChI is InChI=1S/C13H24N2O3/c1-2-17-9-11-4-3-6-15(8-11)13(16)12-10-18-7-5-14-12/h11-12,14H,2-10H2,1H3/t11-,12-/m0/s1. The molecule has 1 N–H and O–H groups in total. The van der Waals surface area contributed by atoms with Crippen molar-refractivity contribution in [2.24, 2.45) is 5.92 Å². The van der Waals surface area contributed by atoms with Gasteiger partial charge in [-0.05, 0) is 25.7 Å². The van der Waals surface area contributed by atoms with Gasteiger partial charge in [-0.25, -0.2) is 0 Å². The lowest BCUT2D eigenvalue weighted by Gasteiger charge is -2.36. The fourth-order valence-corrected chi connectivity index (χ4v) is 2.63. The monoisotopic (exact) mass is 256 g/mol. The molecule has 18 heavy (non-hydrogen) atoms. The molecule has 0 aromatic rings. The molecule has 0 spiro atoms. The fraction of sp³-hybridized carbons (Fsp3) is 0.923. The minimum absolute atomic E-state index is 0.149. The maximum absolute atomic E-state index is 12.3. The highest BCUT2D eigenvalue weighted by Gasteiger charge is 2.29. The number of carbonyl (C=O) groups is 1. The average Bonchev–Trinajstić information content (AvgIpc) is 2.45. The SMILES string of the molecule is CCOC[C@H]1CCCN(C(=O)[C@@H]2COCCN2)C1. The van der Waals surface area contributed by atoms with E-state index in [1.807, 2.05) is 11.8 Å². The highest BCUT2D eigenvalue weighted by Crippen LogP contribution is 2.18. The molecule has 2 saturated heterocycles. The zero-order chi connectivity index (χ0) is 12.8. The first-order valence-electron chi connectivity index (χ1n) is 6.99. The molecule has 2 aliphatic rings. The van der Waals surface area contributed by atoms with Crippen LogP contribution < -0.4 is 5.32 Å². The summed E-state index contributed by atoms with van der Waals surface area (Å²) in [7, 11) is 0. The van der Waals surface area contributed by atoms with Crippen molar-refractivity contribution in [2.45, 2.75) is 25.8 Å². The molecule has 2 rings (SSSR count). The average molecular weight is 256 g/mol. The predicted octanol–water partition coefficient (Wildman–Crippen LogP) is 0.250. The molecule has 0 unspecified atom stereocenters. The van der Waals surface area contributed by atoms with Gasteiger partial charge in [0.05, 0.1) is 19.8 Å². The molecule has 0 radical (unpaired) electrons. The lowest BCUT2D eigenvalue weighted by atomic mass is 9.98.